The lowest BCUT2D eigenvalue weighted by atomic mass is 9.96. The van der Waals surface area contributed by atoms with Gasteiger partial charge < -0.3 is 15.0 Å². The van der Waals surface area contributed by atoms with Gasteiger partial charge in [-0.2, -0.15) is 13.2 Å². The van der Waals surface area contributed by atoms with E-state index in [9.17, 15) is 27.2 Å². The maximum atomic E-state index is 13.4. The molecule has 1 saturated heterocycles. The minimum atomic E-state index is -4.66. The van der Waals surface area contributed by atoms with E-state index in [1.54, 1.807) is 0 Å². The first-order valence-corrected chi connectivity index (χ1v) is 8.12. The minimum absolute atomic E-state index is 0.0220. The van der Waals surface area contributed by atoms with Crippen molar-refractivity contribution in [2.24, 2.45) is 5.92 Å². The number of methoxy groups -OCH3 is 1. The Bertz CT molecular complexity index is 664. The highest BCUT2D eigenvalue weighted by molar-refractivity contribution is 5.83. The van der Waals surface area contributed by atoms with Gasteiger partial charge >= 0.3 is 6.18 Å². The molecule has 1 aromatic rings. The second-order valence-electron chi connectivity index (χ2n) is 6.13. The molecule has 0 aromatic heterocycles. The largest absolute Gasteiger partial charge is 0.416 e. The Morgan fingerprint density at radius 3 is 2.73 bits per heavy atom. The molecule has 2 rings (SSSR count). The fourth-order valence-electron chi connectivity index (χ4n) is 2.80. The van der Waals surface area contributed by atoms with Gasteiger partial charge in [-0.1, -0.05) is 0 Å². The van der Waals surface area contributed by atoms with Gasteiger partial charge in [-0.25, -0.2) is 4.39 Å². The average molecular weight is 376 g/mol. The Balaban J connectivity index is 1.96. The molecular formula is C17H20F4N2O3. The number of rotatable bonds is 6. The number of halogens is 4. The van der Waals surface area contributed by atoms with Crippen molar-refractivity contribution in [3.05, 3.63) is 35.1 Å². The van der Waals surface area contributed by atoms with E-state index in [-0.39, 0.29) is 36.9 Å². The number of carbonyl (C=O) groups is 2. The first-order valence-electron chi connectivity index (χ1n) is 8.12. The van der Waals surface area contributed by atoms with Crippen molar-refractivity contribution in [3.8, 4) is 0 Å². The Morgan fingerprint density at radius 1 is 1.35 bits per heavy atom. The van der Waals surface area contributed by atoms with E-state index in [0.717, 1.165) is 12.1 Å². The normalized spacial score (nSPS) is 18.1. The van der Waals surface area contributed by atoms with Crippen molar-refractivity contribution >= 4 is 11.8 Å². The van der Waals surface area contributed by atoms with Crippen LogP contribution in [0.2, 0.25) is 0 Å². The predicted molar refractivity (Wildman–Crippen MR) is 84.4 cm³/mol. The zero-order chi connectivity index (χ0) is 19.3. The Labute approximate surface area is 148 Å². The summed E-state index contributed by atoms with van der Waals surface area (Å²) in [5.41, 5.74) is -1.08. The van der Waals surface area contributed by atoms with Crippen LogP contribution < -0.4 is 5.32 Å². The third-order valence-corrected chi connectivity index (χ3v) is 4.19. The molecule has 1 fully saturated rings. The van der Waals surface area contributed by atoms with Crippen LogP contribution in [0.4, 0.5) is 17.6 Å². The maximum absolute atomic E-state index is 13.4. The SMILES string of the molecule is COCCN1C[C@H](C(=O)NCc2cc(F)cc(C(F)(F)F)c2)CCC1=O. The van der Waals surface area contributed by atoms with Gasteiger partial charge in [-0.15, -0.1) is 0 Å². The van der Waals surface area contributed by atoms with Crippen molar-refractivity contribution in [2.75, 3.05) is 26.8 Å². The van der Waals surface area contributed by atoms with Crippen molar-refractivity contribution in [1.82, 2.24) is 10.2 Å². The number of hydrogen-bond acceptors (Lipinski definition) is 3. The van der Waals surface area contributed by atoms with Gasteiger partial charge in [0.1, 0.15) is 5.82 Å². The van der Waals surface area contributed by atoms with Gasteiger partial charge in [0.15, 0.2) is 0 Å². The molecule has 1 atom stereocenters. The smallest absolute Gasteiger partial charge is 0.383 e. The molecule has 0 spiro atoms. The highest BCUT2D eigenvalue weighted by Gasteiger charge is 2.32. The highest BCUT2D eigenvalue weighted by Crippen LogP contribution is 2.30. The molecule has 0 aliphatic carbocycles. The van der Waals surface area contributed by atoms with Crippen molar-refractivity contribution in [3.63, 3.8) is 0 Å². The maximum Gasteiger partial charge on any atom is 0.416 e. The number of hydrogen-bond donors (Lipinski definition) is 1. The fourth-order valence-corrected chi connectivity index (χ4v) is 2.80. The van der Waals surface area contributed by atoms with Gasteiger partial charge in [-0.05, 0) is 30.2 Å². The zero-order valence-corrected chi connectivity index (χ0v) is 14.2. The molecule has 9 heteroatoms. The quantitative estimate of drug-likeness (QED) is 0.776. The Morgan fingerprint density at radius 2 is 2.08 bits per heavy atom. The number of carbonyl (C=O) groups excluding carboxylic acids is 2. The van der Waals surface area contributed by atoms with Crippen LogP contribution in [0.15, 0.2) is 18.2 Å². The third kappa shape index (κ3) is 5.42. The fraction of sp³-hybridized carbons (Fsp3) is 0.529. The summed E-state index contributed by atoms with van der Waals surface area (Å²) in [4.78, 5) is 25.6. The molecule has 1 aliphatic heterocycles. The molecule has 1 heterocycles. The van der Waals surface area contributed by atoms with Crippen molar-refractivity contribution < 1.29 is 31.9 Å². The second-order valence-corrected chi connectivity index (χ2v) is 6.13. The zero-order valence-electron chi connectivity index (χ0n) is 14.2. The summed E-state index contributed by atoms with van der Waals surface area (Å²) < 4.78 is 56.5. The minimum Gasteiger partial charge on any atom is -0.383 e. The average Bonchev–Trinajstić information content (AvgIpc) is 2.57. The molecular weight excluding hydrogens is 356 g/mol. The Hall–Kier alpha value is -2.16. The monoisotopic (exact) mass is 376 g/mol. The number of nitrogens with zero attached hydrogens (tertiary/aromatic N) is 1. The standard InChI is InChI=1S/C17H20F4N2O3/c1-26-5-4-23-10-12(2-3-15(23)24)16(25)22-9-11-6-13(17(19,20)21)8-14(18)7-11/h6-8,12H,2-5,9-10H2,1H3,(H,22,25)/t12-/m1/s1. The van der Waals surface area contributed by atoms with Crippen LogP contribution in [-0.4, -0.2) is 43.5 Å². The molecule has 144 valence electrons. The summed E-state index contributed by atoms with van der Waals surface area (Å²) >= 11 is 0. The van der Waals surface area contributed by atoms with E-state index in [4.69, 9.17) is 4.74 Å². The topological polar surface area (TPSA) is 58.6 Å². The molecule has 2 amide bonds. The van der Waals surface area contributed by atoms with E-state index in [2.05, 4.69) is 5.32 Å². The van der Waals surface area contributed by atoms with Gasteiger partial charge in [0.2, 0.25) is 11.8 Å². The van der Waals surface area contributed by atoms with Crippen LogP contribution in [0.3, 0.4) is 0 Å². The molecule has 26 heavy (non-hydrogen) atoms. The summed E-state index contributed by atoms with van der Waals surface area (Å²) in [6.45, 7) is 0.731. The van der Waals surface area contributed by atoms with Crippen LogP contribution in [0.5, 0.6) is 0 Å². The van der Waals surface area contributed by atoms with Crippen LogP contribution >= 0.6 is 0 Å². The molecule has 1 aliphatic rings. The van der Waals surface area contributed by atoms with Crippen LogP contribution in [0, 0.1) is 11.7 Å². The Kier molecular flexibility index (Phi) is 6.57. The van der Waals surface area contributed by atoms with Crippen LogP contribution in [0.25, 0.3) is 0 Å². The van der Waals surface area contributed by atoms with Crippen LogP contribution in [0.1, 0.15) is 24.0 Å². The summed E-state index contributed by atoms with van der Waals surface area (Å²) in [5, 5.41) is 2.52. The second kappa shape index (κ2) is 8.48. The van der Waals surface area contributed by atoms with Crippen molar-refractivity contribution in [1.29, 1.82) is 0 Å². The molecule has 1 aromatic carbocycles. The number of piperidine rings is 1. The van der Waals surface area contributed by atoms with Gasteiger partial charge in [0.05, 0.1) is 18.1 Å². The molecule has 5 nitrogen and oxygen atoms in total. The summed E-state index contributed by atoms with van der Waals surface area (Å²) in [6.07, 6.45) is -4.07. The number of amides is 2. The van der Waals surface area contributed by atoms with E-state index >= 15 is 0 Å². The van der Waals surface area contributed by atoms with E-state index in [0.29, 0.717) is 25.6 Å². The summed E-state index contributed by atoms with van der Waals surface area (Å²) in [5.74, 6) is -1.91. The molecule has 1 N–H and O–H groups in total. The summed E-state index contributed by atoms with van der Waals surface area (Å²) in [6, 6.07) is 2.16. The number of nitrogens with one attached hydrogen (secondary N) is 1. The third-order valence-electron chi connectivity index (χ3n) is 4.19. The number of alkyl halides is 3. The first kappa shape index (κ1) is 20.2. The first-order chi connectivity index (χ1) is 12.2. The molecule has 0 radical (unpaired) electrons. The highest BCUT2D eigenvalue weighted by atomic mass is 19.4. The predicted octanol–water partition coefficient (Wildman–Crippen LogP) is 2.35. The number of benzene rings is 1. The van der Waals surface area contributed by atoms with Gasteiger partial charge in [-0.3, -0.25) is 9.59 Å². The van der Waals surface area contributed by atoms with Crippen LogP contribution in [-0.2, 0) is 27.0 Å². The number of ether oxygens (including phenoxy) is 1. The van der Waals surface area contributed by atoms with Gasteiger partial charge in [0.25, 0.3) is 0 Å². The van der Waals surface area contributed by atoms with Gasteiger partial charge in [0, 0.05) is 33.2 Å². The van der Waals surface area contributed by atoms with E-state index in [1.807, 2.05) is 0 Å². The molecule has 0 unspecified atom stereocenters. The lowest BCUT2D eigenvalue weighted by molar-refractivity contribution is -0.139. The van der Waals surface area contributed by atoms with E-state index in [1.165, 1.54) is 12.0 Å². The molecule has 0 bridgehead atoms. The molecule has 0 saturated carbocycles. The summed E-state index contributed by atoms with van der Waals surface area (Å²) in [7, 11) is 1.51. The van der Waals surface area contributed by atoms with Crippen molar-refractivity contribution in [2.45, 2.75) is 25.6 Å². The number of likely N-dealkylation sites (tertiary alicyclic amines) is 1. The van der Waals surface area contributed by atoms with E-state index < -0.39 is 23.5 Å². The lowest BCUT2D eigenvalue weighted by Gasteiger charge is -2.31. The lowest BCUT2D eigenvalue weighted by Crippen LogP contribution is -2.46.